The number of carbonyl (C=O) groups is 2. The van der Waals surface area contributed by atoms with Gasteiger partial charge in [-0.05, 0) is 25.5 Å². The highest BCUT2D eigenvalue weighted by atomic mass is 19.1. The van der Waals surface area contributed by atoms with E-state index >= 15 is 0 Å². The van der Waals surface area contributed by atoms with Crippen LogP contribution in [0.15, 0.2) is 24.3 Å². The predicted octanol–water partition coefficient (Wildman–Crippen LogP) is 1.74. The summed E-state index contributed by atoms with van der Waals surface area (Å²) in [4.78, 5) is 25.4. The summed E-state index contributed by atoms with van der Waals surface area (Å²) in [7, 11) is 0. The Balaban J connectivity index is 1.80. The van der Waals surface area contributed by atoms with Crippen LogP contribution in [0.2, 0.25) is 0 Å². The van der Waals surface area contributed by atoms with Crippen LogP contribution in [0.1, 0.15) is 25.8 Å². The number of amides is 2. The molecule has 0 saturated carbocycles. The number of carbonyl (C=O) groups excluding carboxylic acids is 2. The third-order valence-corrected chi connectivity index (χ3v) is 3.76. The minimum absolute atomic E-state index is 0.0290. The molecule has 1 aliphatic heterocycles. The summed E-state index contributed by atoms with van der Waals surface area (Å²) in [5.74, 6) is -0.298. The Morgan fingerprint density at radius 2 is 2.14 bits per heavy atom. The fourth-order valence-electron chi connectivity index (χ4n) is 2.58. The van der Waals surface area contributed by atoms with Crippen molar-refractivity contribution in [2.45, 2.75) is 32.7 Å². The summed E-state index contributed by atoms with van der Waals surface area (Å²) in [5.41, 5.74) is 0.390. The van der Waals surface area contributed by atoms with E-state index in [4.69, 9.17) is 0 Å². The fraction of sp³-hybridized carbons (Fsp3) is 0.500. The number of likely N-dealkylation sites (tertiary alicyclic amines) is 1. The van der Waals surface area contributed by atoms with Crippen molar-refractivity contribution in [3.8, 4) is 0 Å². The summed E-state index contributed by atoms with van der Waals surface area (Å²) in [6.07, 6.45) is 0.499. The molecule has 114 valence electrons. The number of benzene rings is 1. The molecule has 1 N–H and O–H groups in total. The number of rotatable bonds is 5. The van der Waals surface area contributed by atoms with Crippen LogP contribution in [-0.4, -0.2) is 35.8 Å². The fourth-order valence-corrected chi connectivity index (χ4v) is 2.58. The lowest BCUT2D eigenvalue weighted by molar-refractivity contribution is -0.129. The van der Waals surface area contributed by atoms with Crippen molar-refractivity contribution in [1.29, 1.82) is 0 Å². The largest absolute Gasteiger partial charge is 0.355 e. The molecule has 0 spiro atoms. The van der Waals surface area contributed by atoms with E-state index in [1.54, 1.807) is 18.2 Å². The molecule has 1 aromatic rings. The normalized spacial score (nSPS) is 18.4. The minimum atomic E-state index is -0.366. The van der Waals surface area contributed by atoms with E-state index in [-0.39, 0.29) is 36.0 Å². The third kappa shape index (κ3) is 4.03. The lowest BCUT2D eigenvalue weighted by atomic mass is 10.1. The molecule has 0 radical (unpaired) electrons. The van der Waals surface area contributed by atoms with Crippen molar-refractivity contribution in [3.63, 3.8) is 0 Å². The Labute approximate surface area is 124 Å². The Kier molecular flexibility index (Phi) is 4.94. The van der Waals surface area contributed by atoms with Gasteiger partial charge in [-0.3, -0.25) is 9.59 Å². The zero-order valence-corrected chi connectivity index (χ0v) is 12.4. The van der Waals surface area contributed by atoms with Gasteiger partial charge in [0.05, 0.1) is 6.42 Å². The molecule has 1 aliphatic rings. The second kappa shape index (κ2) is 6.70. The molecule has 4 nitrogen and oxygen atoms in total. The second-order valence-corrected chi connectivity index (χ2v) is 5.78. The second-order valence-electron chi connectivity index (χ2n) is 5.78. The molecule has 1 saturated heterocycles. The van der Waals surface area contributed by atoms with Gasteiger partial charge in [-0.25, -0.2) is 4.39 Å². The first-order valence-electron chi connectivity index (χ1n) is 7.27. The number of halogens is 1. The zero-order chi connectivity index (χ0) is 15.4. The van der Waals surface area contributed by atoms with Crippen LogP contribution in [0, 0.1) is 11.7 Å². The maximum absolute atomic E-state index is 13.5. The monoisotopic (exact) mass is 292 g/mol. The lowest BCUT2D eigenvalue weighted by Crippen LogP contribution is -2.34. The van der Waals surface area contributed by atoms with Gasteiger partial charge in [0.25, 0.3) is 0 Å². The Bertz CT molecular complexity index is 531. The topological polar surface area (TPSA) is 49.4 Å². The summed E-state index contributed by atoms with van der Waals surface area (Å²) >= 11 is 0. The first-order chi connectivity index (χ1) is 9.97. The van der Waals surface area contributed by atoms with Crippen molar-refractivity contribution in [2.24, 2.45) is 5.92 Å². The smallest absolute Gasteiger partial charge is 0.224 e. The molecule has 1 fully saturated rings. The van der Waals surface area contributed by atoms with Gasteiger partial charge in [-0.1, -0.05) is 18.2 Å². The van der Waals surface area contributed by atoms with Gasteiger partial charge >= 0.3 is 0 Å². The highest BCUT2D eigenvalue weighted by Gasteiger charge is 2.31. The SMILES string of the molecule is CC(C)N1CC(CNC(=O)Cc2ccccc2F)CC1=O. The highest BCUT2D eigenvalue weighted by molar-refractivity contribution is 5.80. The first kappa shape index (κ1) is 15.5. The molecular formula is C16H21FN2O2. The van der Waals surface area contributed by atoms with E-state index in [0.717, 1.165) is 0 Å². The number of nitrogens with one attached hydrogen (secondary N) is 1. The molecule has 1 atom stereocenters. The summed E-state index contributed by atoms with van der Waals surface area (Å²) in [6.45, 7) is 5.10. The summed E-state index contributed by atoms with van der Waals surface area (Å²) in [5, 5.41) is 2.80. The average molecular weight is 292 g/mol. The molecular weight excluding hydrogens is 271 g/mol. The van der Waals surface area contributed by atoms with Crippen LogP contribution in [0.3, 0.4) is 0 Å². The van der Waals surface area contributed by atoms with Crippen LogP contribution in [0.4, 0.5) is 4.39 Å². The number of hydrogen-bond donors (Lipinski definition) is 1. The number of hydrogen-bond acceptors (Lipinski definition) is 2. The Morgan fingerprint density at radius 1 is 1.43 bits per heavy atom. The maximum atomic E-state index is 13.5. The van der Waals surface area contributed by atoms with Crippen LogP contribution >= 0.6 is 0 Å². The minimum Gasteiger partial charge on any atom is -0.355 e. The third-order valence-electron chi connectivity index (χ3n) is 3.76. The van der Waals surface area contributed by atoms with Crippen LogP contribution in [-0.2, 0) is 16.0 Å². The molecule has 5 heteroatoms. The standard InChI is InChI=1S/C16H21FN2O2/c1-11(2)19-10-12(7-16(19)21)9-18-15(20)8-13-5-3-4-6-14(13)17/h3-6,11-12H,7-10H2,1-2H3,(H,18,20). The maximum Gasteiger partial charge on any atom is 0.224 e. The van der Waals surface area contributed by atoms with Gasteiger partial charge < -0.3 is 10.2 Å². The summed E-state index contributed by atoms with van der Waals surface area (Å²) in [6, 6.07) is 6.45. The molecule has 0 aromatic heterocycles. The molecule has 1 heterocycles. The quantitative estimate of drug-likeness (QED) is 0.898. The lowest BCUT2D eigenvalue weighted by Gasteiger charge is -2.21. The van der Waals surface area contributed by atoms with E-state index in [2.05, 4.69) is 5.32 Å². The van der Waals surface area contributed by atoms with Gasteiger partial charge in [0, 0.05) is 31.5 Å². The Hall–Kier alpha value is -1.91. The molecule has 21 heavy (non-hydrogen) atoms. The molecule has 1 unspecified atom stereocenters. The number of nitrogens with zero attached hydrogens (tertiary/aromatic N) is 1. The first-order valence-corrected chi connectivity index (χ1v) is 7.27. The van der Waals surface area contributed by atoms with Crippen LogP contribution in [0.5, 0.6) is 0 Å². The van der Waals surface area contributed by atoms with Gasteiger partial charge in [0.2, 0.25) is 11.8 Å². The van der Waals surface area contributed by atoms with E-state index in [1.807, 2.05) is 18.7 Å². The van der Waals surface area contributed by atoms with Crippen molar-refractivity contribution in [2.75, 3.05) is 13.1 Å². The summed E-state index contributed by atoms with van der Waals surface area (Å²) < 4.78 is 13.5. The van der Waals surface area contributed by atoms with Crippen LogP contribution < -0.4 is 5.32 Å². The molecule has 1 aromatic carbocycles. The van der Waals surface area contributed by atoms with Crippen molar-refractivity contribution in [3.05, 3.63) is 35.6 Å². The zero-order valence-electron chi connectivity index (χ0n) is 12.4. The van der Waals surface area contributed by atoms with Gasteiger partial charge in [0.1, 0.15) is 5.82 Å². The van der Waals surface area contributed by atoms with Gasteiger partial charge in [-0.2, -0.15) is 0 Å². The van der Waals surface area contributed by atoms with E-state index in [0.29, 0.717) is 25.1 Å². The van der Waals surface area contributed by atoms with Gasteiger partial charge in [0.15, 0.2) is 0 Å². The highest BCUT2D eigenvalue weighted by Crippen LogP contribution is 2.19. The average Bonchev–Trinajstić information content (AvgIpc) is 2.80. The molecule has 2 rings (SSSR count). The molecule has 2 amide bonds. The van der Waals surface area contributed by atoms with Gasteiger partial charge in [-0.15, -0.1) is 0 Å². The molecule has 0 aliphatic carbocycles. The predicted molar refractivity (Wildman–Crippen MR) is 78.1 cm³/mol. The van der Waals surface area contributed by atoms with E-state index in [9.17, 15) is 14.0 Å². The van der Waals surface area contributed by atoms with E-state index in [1.165, 1.54) is 6.07 Å². The Morgan fingerprint density at radius 3 is 2.76 bits per heavy atom. The van der Waals surface area contributed by atoms with Crippen LogP contribution in [0.25, 0.3) is 0 Å². The molecule has 0 bridgehead atoms. The van der Waals surface area contributed by atoms with Crippen molar-refractivity contribution >= 4 is 11.8 Å². The van der Waals surface area contributed by atoms with Crippen molar-refractivity contribution in [1.82, 2.24) is 10.2 Å². The van der Waals surface area contributed by atoms with E-state index < -0.39 is 0 Å². The van der Waals surface area contributed by atoms with Crippen molar-refractivity contribution < 1.29 is 14.0 Å².